The summed E-state index contributed by atoms with van der Waals surface area (Å²) < 4.78 is 16.4. The summed E-state index contributed by atoms with van der Waals surface area (Å²) in [6.07, 6.45) is 8.97. The van der Waals surface area contributed by atoms with Crippen molar-refractivity contribution in [2.24, 2.45) is 23.2 Å². The number of H-pyrrole nitrogens is 1. The number of fused-ring (bicyclic) bond motifs is 6. The van der Waals surface area contributed by atoms with E-state index in [0.717, 1.165) is 78.0 Å². The molecule has 11 rings (SSSR count). The summed E-state index contributed by atoms with van der Waals surface area (Å²) in [7, 11) is 1.44. The number of aromatic nitrogens is 1. The normalized spacial score (nSPS) is 35.3. The number of aliphatic hydroxyl groups is 2. The molecule has 4 unspecified atom stereocenters. The van der Waals surface area contributed by atoms with Crippen LogP contribution in [0.2, 0.25) is 0 Å². The molecular weight excluding hydrogens is 935 g/mol. The number of methoxy groups -OCH3 is 1. The molecule has 390 valence electrons. The zero-order valence-corrected chi connectivity index (χ0v) is 42.1. The number of hydrogen-bond acceptors (Lipinski definition) is 14. The standard InChI is InChI=1S/C55H69N7O11/c1-4-51-20-8-22-61-24-21-53(47(51)61)39-25-36(54(49(67)71-3)27-34-26-52(69,5-2)31-60(28-34)23-19-38-37-9-6-7-10-40(37)56-44(38)54)15-16-41(39)57-46(53)55(70,30-51)48(66)58-59-50(68)73-32-72-45(65)35-13-11-33(12-14-35)29-62-42(63)17-18-43(62)64/h6-7,9-10,15-18,25,33-35,46-47,56-57,69-70H,4-5,8,11-14,19-24,26-32H2,1-3H3,(H,58,66)(H,59,68)/t33?,34-,35?,46?,47?,51-,52-,53?,54-,55+/m0/s1. The number of anilines is 1. The molecule has 1 spiro atoms. The second-order valence-electron chi connectivity index (χ2n) is 22.7. The molecule has 18 heteroatoms. The van der Waals surface area contributed by atoms with Crippen molar-refractivity contribution in [2.75, 3.05) is 58.5 Å². The number of esters is 2. The van der Waals surface area contributed by atoms with Crippen LogP contribution in [0.25, 0.3) is 10.9 Å². The van der Waals surface area contributed by atoms with Crippen molar-refractivity contribution < 1.29 is 53.2 Å². The molecule has 9 atom stereocenters. The fourth-order valence-corrected chi connectivity index (χ4v) is 15.7. The number of hydrogen-bond donors (Lipinski definition) is 6. The van der Waals surface area contributed by atoms with E-state index in [1.807, 2.05) is 37.3 Å². The van der Waals surface area contributed by atoms with Gasteiger partial charge in [0.1, 0.15) is 5.41 Å². The lowest BCUT2D eigenvalue weighted by Crippen LogP contribution is -2.75. The van der Waals surface area contributed by atoms with Crippen molar-refractivity contribution in [1.29, 1.82) is 0 Å². The Morgan fingerprint density at radius 1 is 0.890 bits per heavy atom. The Balaban J connectivity index is 0.865. The highest BCUT2D eigenvalue weighted by atomic mass is 16.7. The number of para-hydroxylation sites is 1. The SMILES string of the molecule is CC[C@]1(O)C[C@@H]2CN(CCc3c([nH]c4ccccc34)[C@@](C(=O)OC)(c3ccc4c(c3)C35CCN6CCC[C@@](CC)(C[C@](O)(C(=O)NNC(=O)OCOC(=O)C7CCC(CN8C(=O)C=CC8=O)CC7)C3N4)C65)C2)C1. The van der Waals surface area contributed by atoms with Crippen molar-refractivity contribution in [3.05, 3.63) is 77.0 Å². The Morgan fingerprint density at radius 3 is 2.42 bits per heavy atom. The highest BCUT2D eigenvalue weighted by molar-refractivity contribution is 6.12. The van der Waals surface area contributed by atoms with Crippen LogP contribution in [0.15, 0.2) is 54.6 Å². The van der Waals surface area contributed by atoms with Crippen molar-refractivity contribution in [1.82, 2.24) is 30.5 Å². The van der Waals surface area contributed by atoms with Crippen LogP contribution < -0.4 is 16.2 Å². The molecule has 5 fully saturated rings. The van der Waals surface area contributed by atoms with Crippen LogP contribution >= 0.6 is 0 Å². The number of carbonyl (C=O) groups excluding carboxylic acids is 6. The second-order valence-corrected chi connectivity index (χ2v) is 22.7. The summed E-state index contributed by atoms with van der Waals surface area (Å²) >= 11 is 0. The first-order valence-corrected chi connectivity index (χ1v) is 26.5. The number of benzene rings is 2. The predicted octanol–water partition coefficient (Wildman–Crippen LogP) is 4.46. The lowest BCUT2D eigenvalue weighted by Gasteiger charge is -2.62. The molecule has 1 aromatic heterocycles. The van der Waals surface area contributed by atoms with E-state index in [1.54, 1.807) is 0 Å². The lowest BCUT2D eigenvalue weighted by atomic mass is 9.48. The van der Waals surface area contributed by atoms with Gasteiger partial charge >= 0.3 is 18.0 Å². The summed E-state index contributed by atoms with van der Waals surface area (Å²) in [5.74, 6) is -2.82. The number of nitrogens with one attached hydrogen (secondary N) is 4. The fraction of sp³-hybridized carbons (Fsp3) is 0.600. The minimum absolute atomic E-state index is 0.0519. The third-order valence-corrected chi connectivity index (χ3v) is 19.0. The Morgan fingerprint density at radius 2 is 1.67 bits per heavy atom. The van der Waals surface area contributed by atoms with Gasteiger partial charge in [0, 0.05) is 72.1 Å². The molecule has 2 saturated carbocycles. The number of imide groups is 1. The summed E-state index contributed by atoms with van der Waals surface area (Å²) in [4.78, 5) is 89.9. The summed E-state index contributed by atoms with van der Waals surface area (Å²) in [5, 5.41) is 29.9. The monoisotopic (exact) mass is 1000 g/mol. The highest BCUT2D eigenvalue weighted by Crippen LogP contribution is 2.66. The van der Waals surface area contributed by atoms with Gasteiger partial charge in [-0.15, -0.1) is 0 Å². The molecule has 2 aromatic carbocycles. The van der Waals surface area contributed by atoms with Gasteiger partial charge in [0.15, 0.2) is 5.60 Å². The van der Waals surface area contributed by atoms with Crippen LogP contribution in [-0.2, 0) is 55.4 Å². The van der Waals surface area contributed by atoms with Crippen LogP contribution in [0.4, 0.5) is 10.5 Å². The Hall–Kier alpha value is -5.82. The number of aromatic amines is 1. The first-order valence-electron chi connectivity index (χ1n) is 26.5. The maximum Gasteiger partial charge on any atom is 0.428 e. The van der Waals surface area contributed by atoms with E-state index in [2.05, 4.69) is 50.0 Å². The highest BCUT2D eigenvalue weighted by Gasteiger charge is 2.74. The summed E-state index contributed by atoms with van der Waals surface area (Å²) in [6, 6.07) is 13.4. The topological polar surface area (TPSA) is 232 Å². The number of ether oxygens (including phenoxy) is 3. The van der Waals surface area contributed by atoms with Gasteiger partial charge in [0.2, 0.25) is 6.79 Å². The van der Waals surface area contributed by atoms with Crippen LogP contribution in [-0.4, -0.2) is 142 Å². The third-order valence-electron chi connectivity index (χ3n) is 19.0. The maximum absolute atomic E-state index is 15.2. The molecule has 2 aliphatic carbocycles. The van der Waals surface area contributed by atoms with E-state index in [4.69, 9.17) is 14.2 Å². The largest absolute Gasteiger partial charge is 0.468 e. The van der Waals surface area contributed by atoms with Gasteiger partial charge in [-0.05, 0) is 143 Å². The summed E-state index contributed by atoms with van der Waals surface area (Å²) in [6.45, 7) is 7.39. The predicted molar refractivity (Wildman–Crippen MR) is 266 cm³/mol. The quantitative estimate of drug-likeness (QED) is 0.0714. The van der Waals surface area contributed by atoms with E-state index in [-0.39, 0.29) is 36.1 Å². The fourth-order valence-electron chi connectivity index (χ4n) is 15.7. The van der Waals surface area contributed by atoms with Gasteiger partial charge in [0.05, 0.1) is 24.7 Å². The van der Waals surface area contributed by atoms with E-state index in [0.29, 0.717) is 77.3 Å². The van der Waals surface area contributed by atoms with Gasteiger partial charge in [-0.25, -0.2) is 10.2 Å². The minimum Gasteiger partial charge on any atom is -0.468 e. The lowest BCUT2D eigenvalue weighted by molar-refractivity contribution is -0.168. The van der Waals surface area contributed by atoms with Crippen molar-refractivity contribution in [2.45, 2.75) is 131 Å². The third kappa shape index (κ3) is 7.95. The van der Waals surface area contributed by atoms with Crippen molar-refractivity contribution in [3.8, 4) is 0 Å². The van der Waals surface area contributed by atoms with E-state index < -0.39 is 70.1 Å². The van der Waals surface area contributed by atoms with Crippen LogP contribution in [0.5, 0.6) is 0 Å². The number of carbonyl (C=O) groups is 6. The molecule has 18 nitrogen and oxygen atoms in total. The smallest absolute Gasteiger partial charge is 0.428 e. The number of piperidine rings is 2. The molecule has 6 aliphatic heterocycles. The summed E-state index contributed by atoms with van der Waals surface area (Å²) in [5.41, 5.74) is 4.43. The molecule has 6 N–H and O–H groups in total. The van der Waals surface area contributed by atoms with Gasteiger partial charge in [-0.2, -0.15) is 0 Å². The zero-order chi connectivity index (χ0) is 51.1. The molecular formula is C55H69N7O11. The average molecular weight is 1000 g/mol. The Kier molecular flexibility index (Phi) is 12.5. The molecule has 73 heavy (non-hydrogen) atoms. The zero-order valence-electron chi connectivity index (χ0n) is 42.1. The molecule has 3 aromatic rings. The van der Waals surface area contributed by atoms with Crippen LogP contribution in [0.3, 0.4) is 0 Å². The Bertz CT molecular complexity index is 2750. The van der Waals surface area contributed by atoms with E-state index in [9.17, 15) is 34.2 Å². The number of amides is 4. The molecule has 8 aliphatic rings. The average Bonchev–Trinajstić information content (AvgIpc) is 4.17. The molecule has 3 saturated heterocycles. The van der Waals surface area contributed by atoms with Crippen LogP contribution in [0.1, 0.15) is 113 Å². The second kappa shape index (κ2) is 18.5. The van der Waals surface area contributed by atoms with Crippen molar-refractivity contribution >= 4 is 52.3 Å². The first kappa shape index (κ1) is 49.4. The van der Waals surface area contributed by atoms with Crippen molar-refractivity contribution in [3.63, 3.8) is 0 Å². The number of hydrazine groups is 1. The van der Waals surface area contributed by atoms with Gasteiger partial charge in [0.25, 0.3) is 17.7 Å². The van der Waals surface area contributed by atoms with Gasteiger partial charge in [-0.1, -0.05) is 44.2 Å². The van der Waals surface area contributed by atoms with Gasteiger partial charge in [-0.3, -0.25) is 44.1 Å². The number of nitrogens with zero attached hydrogens (tertiary/aromatic N) is 3. The molecule has 4 amide bonds. The molecule has 7 heterocycles. The number of rotatable bonds is 10. The molecule has 2 bridgehead atoms. The van der Waals surface area contributed by atoms with Gasteiger partial charge < -0.3 is 34.7 Å². The van der Waals surface area contributed by atoms with E-state index in [1.165, 1.54) is 24.2 Å². The molecule has 0 radical (unpaired) electrons. The Labute approximate surface area is 424 Å². The minimum atomic E-state index is -2.04. The van der Waals surface area contributed by atoms with E-state index >= 15 is 4.79 Å². The van der Waals surface area contributed by atoms with Crippen LogP contribution in [0, 0.1) is 23.2 Å². The maximum atomic E-state index is 15.2. The first-order chi connectivity index (χ1) is 35.1.